The van der Waals surface area contributed by atoms with Crippen LogP contribution in [0.25, 0.3) is 0 Å². The highest BCUT2D eigenvalue weighted by atomic mass is 127. The smallest absolute Gasteiger partial charge is 0.138 e. The lowest BCUT2D eigenvalue weighted by atomic mass is 9.95. The predicted octanol–water partition coefficient (Wildman–Crippen LogP) is 2.96. The van der Waals surface area contributed by atoms with Gasteiger partial charge in [0.15, 0.2) is 0 Å². The molecule has 88 valence electrons. The minimum Gasteiger partial charge on any atom is -0.313 e. The Morgan fingerprint density at radius 2 is 1.88 bits per heavy atom. The van der Waals surface area contributed by atoms with Gasteiger partial charge in [-0.15, -0.1) is 0 Å². The molecule has 0 bridgehead atoms. The van der Waals surface area contributed by atoms with Crippen molar-refractivity contribution in [2.24, 2.45) is 0 Å². The lowest BCUT2D eigenvalue weighted by Crippen LogP contribution is -2.30. The summed E-state index contributed by atoms with van der Waals surface area (Å²) < 4.78 is 1.19. The standard InChI is InChI=1S/C13H18INO/c1-9(2)15-8-13(10(3)16)11-4-6-12(14)7-5-11/h4-7,9,13,15H,8H2,1-3H3/t13-/m0/s1. The number of halogens is 1. The maximum Gasteiger partial charge on any atom is 0.138 e. The van der Waals surface area contributed by atoms with Crippen LogP contribution in [0.4, 0.5) is 0 Å². The van der Waals surface area contributed by atoms with Gasteiger partial charge < -0.3 is 5.32 Å². The molecular formula is C13H18INO. The van der Waals surface area contributed by atoms with Crippen LogP contribution in [0.1, 0.15) is 32.3 Å². The Balaban J connectivity index is 2.77. The number of nitrogens with one attached hydrogen (secondary N) is 1. The number of benzene rings is 1. The summed E-state index contributed by atoms with van der Waals surface area (Å²) in [6, 6.07) is 8.57. The number of ketones is 1. The van der Waals surface area contributed by atoms with Gasteiger partial charge >= 0.3 is 0 Å². The van der Waals surface area contributed by atoms with E-state index in [0.717, 1.165) is 5.56 Å². The van der Waals surface area contributed by atoms with E-state index in [2.05, 4.69) is 41.8 Å². The van der Waals surface area contributed by atoms with Crippen LogP contribution in [0.2, 0.25) is 0 Å². The fourth-order valence-electron chi connectivity index (χ4n) is 1.54. The van der Waals surface area contributed by atoms with Crippen LogP contribution < -0.4 is 5.32 Å². The molecule has 0 unspecified atom stereocenters. The summed E-state index contributed by atoms with van der Waals surface area (Å²) in [7, 11) is 0. The Morgan fingerprint density at radius 1 is 1.31 bits per heavy atom. The van der Waals surface area contributed by atoms with Crippen molar-refractivity contribution >= 4 is 28.4 Å². The third-order valence-electron chi connectivity index (χ3n) is 2.49. The monoisotopic (exact) mass is 331 g/mol. The van der Waals surface area contributed by atoms with Crippen LogP contribution in [0.15, 0.2) is 24.3 Å². The zero-order chi connectivity index (χ0) is 12.1. The predicted molar refractivity (Wildman–Crippen MR) is 75.7 cm³/mol. The molecule has 3 heteroatoms. The molecule has 0 aliphatic rings. The van der Waals surface area contributed by atoms with Crippen molar-refractivity contribution in [3.05, 3.63) is 33.4 Å². The van der Waals surface area contributed by atoms with E-state index in [9.17, 15) is 4.79 Å². The van der Waals surface area contributed by atoms with Crippen molar-refractivity contribution < 1.29 is 4.79 Å². The van der Waals surface area contributed by atoms with Gasteiger partial charge in [-0.25, -0.2) is 0 Å². The van der Waals surface area contributed by atoms with Gasteiger partial charge in [0.2, 0.25) is 0 Å². The van der Waals surface area contributed by atoms with Crippen molar-refractivity contribution in [3.8, 4) is 0 Å². The number of rotatable bonds is 5. The molecule has 0 heterocycles. The van der Waals surface area contributed by atoms with Crippen LogP contribution in [-0.2, 0) is 4.79 Å². The van der Waals surface area contributed by atoms with Crippen molar-refractivity contribution in [1.29, 1.82) is 0 Å². The molecular weight excluding hydrogens is 313 g/mol. The Hall–Kier alpha value is -0.420. The van der Waals surface area contributed by atoms with E-state index in [-0.39, 0.29) is 11.7 Å². The molecule has 0 fully saturated rings. The third-order valence-corrected chi connectivity index (χ3v) is 3.21. The Kier molecular flexibility index (Phi) is 5.41. The van der Waals surface area contributed by atoms with Gasteiger partial charge in [0, 0.05) is 16.2 Å². The van der Waals surface area contributed by atoms with Crippen LogP contribution >= 0.6 is 22.6 Å². The normalized spacial score (nSPS) is 12.8. The fourth-order valence-corrected chi connectivity index (χ4v) is 1.90. The Bertz CT molecular complexity index is 345. The summed E-state index contributed by atoms with van der Waals surface area (Å²) in [6.45, 7) is 6.55. The van der Waals surface area contributed by atoms with Crippen molar-refractivity contribution in [3.63, 3.8) is 0 Å². The average molecular weight is 331 g/mol. The first-order chi connectivity index (χ1) is 7.50. The molecule has 0 saturated carbocycles. The second-order valence-corrected chi connectivity index (χ2v) is 5.52. The molecule has 0 saturated heterocycles. The number of hydrogen-bond donors (Lipinski definition) is 1. The number of Topliss-reactive ketones (excluding diaryl/α,β-unsaturated/α-hetero) is 1. The van der Waals surface area contributed by atoms with Crippen LogP contribution in [0, 0.1) is 3.57 Å². The maximum atomic E-state index is 11.6. The summed E-state index contributed by atoms with van der Waals surface area (Å²) in [6.07, 6.45) is 0. The number of carbonyl (C=O) groups excluding carboxylic acids is 1. The van der Waals surface area contributed by atoms with E-state index >= 15 is 0 Å². The van der Waals surface area contributed by atoms with Crippen LogP contribution in [0.5, 0.6) is 0 Å². The summed E-state index contributed by atoms with van der Waals surface area (Å²) >= 11 is 2.27. The number of carbonyl (C=O) groups is 1. The summed E-state index contributed by atoms with van der Waals surface area (Å²) in [5, 5.41) is 3.32. The van der Waals surface area contributed by atoms with E-state index in [0.29, 0.717) is 12.6 Å². The first-order valence-corrected chi connectivity index (χ1v) is 6.58. The molecule has 0 aliphatic heterocycles. The van der Waals surface area contributed by atoms with E-state index in [1.807, 2.05) is 24.3 Å². The van der Waals surface area contributed by atoms with Crippen molar-refractivity contribution in [2.75, 3.05) is 6.54 Å². The van der Waals surface area contributed by atoms with Gasteiger partial charge in [-0.2, -0.15) is 0 Å². The summed E-state index contributed by atoms with van der Waals surface area (Å²) in [4.78, 5) is 11.6. The zero-order valence-corrected chi connectivity index (χ0v) is 12.1. The lowest BCUT2D eigenvalue weighted by Gasteiger charge is -2.17. The van der Waals surface area contributed by atoms with E-state index in [1.165, 1.54) is 3.57 Å². The number of hydrogen-bond acceptors (Lipinski definition) is 2. The van der Waals surface area contributed by atoms with Crippen molar-refractivity contribution in [2.45, 2.75) is 32.7 Å². The largest absolute Gasteiger partial charge is 0.313 e. The summed E-state index contributed by atoms with van der Waals surface area (Å²) in [5.74, 6) is 0.189. The molecule has 16 heavy (non-hydrogen) atoms. The van der Waals surface area contributed by atoms with Gasteiger partial charge in [0.1, 0.15) is 5.78 Å². The zero-order valence-electron chi connectivity index (χ0n) is 9.96. The van der Waals surface area contributed by atoms with E-state index in [4.69, 9.17) is 0 Å². The molecule has 0 amide bonds. The topological polar surface area (TPSA) is 29.1 Å². The quantitative estimate of drug-likeness (QED) is 0.841. The third kappa shape index (κ3) is 4.22. The van der Waals surface area contributed by atoms with Gasteiger partial charge in [-0.1, -0.05) is 26.0 Å². The minimum atomic E-state index is -0.0283. The second-order valence-electron chi connectivity index (χ2n) is 4.28. The average Bonchev–Trinajstić information content (AvgIpc) is 2.20. The van der Waals surface area contributed by atoms with Crippen LogP contribution in [-0.4, -0.2) is 18.4 Å². The van der Waals surface area contributed by atoms with Gasteiger partial charge in [-0.3, -0.25) is 4.79 Å². The fraction of sp³-hybridized carbons (Fsp3) is 0.462. The molecule has 2 nitrogen and oxygen atoms in total. The highest BCUT2D eigenvalue weighted by Crippen LogP contribution is 2.17. The van der Waals surface area contributed by atoms with Crippen LogP contribution in [0.3, 0.4) is 0 Å². The molecule has 0 aliphatic carbocycles. The SMILES string of the molecule is CC(=O)[C@H](CNC(C)C)c1ccc(I)cc1. The molecule has 1 aromatic carbocycles. The molecule has 1 atom stereocenters. The molecule has 0 spiro atoms. The van der Waals surface area contributed by atoms with Gasteiger partial charge in [0.25, 0.3) is 0 Å². The molecule has 0 radical (unpaired) electrons. The molecule has 1 N–H and O–H groups in total. The Morgan fingerprint density at radius 3 is 2.31 bits per heavy atom. The van der Waals surface area contributed by atoms with Crippen molar-refractivity contribution in [1.82, 2.24) is 5.32 Å². The van der Waals surface area contributed by atoms with Gasteiger partial charge in [0.05, 0.1) is 5.92 Å². The minimum absolute atomic E-state index is 0.0283. The molecule has 1 aromatic rings. The van der Waals surface area contributed by atoms with E-state index in [1.54, 1.807) is 6.92 Å². The summed E-state index contributed by atoms with van der Waals surface area (Å²) in [5.41, 5.74) is 1.10. The lowest BCUT2D eigenvalue weighted by molar-refractivity contribution is -0.118. The van der Waals surface area contributed by atoms with Gasteiger partial charge in [-0.05, 0) is 47.2 Å². The first-order valence-electron chi connectivity index (χ1n) is 5.50. The highest BCUT2D eigenvalue weighted by molar-refractivity contribution is 14.1. The molecule has 0 aromatic heterocycles. The second kappa shape index (κ2) is 6.35. The Labute approximate surface area is 111 Å². The van der Waals surface area contributed by atoms with E-state index < -0.39 is 0 Å². The maximum absolute atomic E-state index is 11.6. The highest BCUT2D eigenvalue weighted by Gasteiger charge is 2.16. The first kappa shape index (κ1) is 13.6. The molecule has 1 rings (SSSR count).